The van der Waals surface area contributed by atoms with E-state index in [-0.39, 0.29) is 0 Å². The number of rotatable bonds is 5. The summed E-state index contributed by atoms with van der Waals surface area (Å²) in [5.74, 6) is 0. The average Bonchev–Trinajstić information content (AvgIpc) is 2.67. The topological polar surface area (TPSA) is 19.6 Å². The molecule has 17 heavy (non-hydrogen) atoms. The zero-order valence-electron chi connectivity index (χ0n) is 10.4. The molecule has 2 rings (SSSR count). The second-order valence-electron chi connectivity index (χ2n) is 4.50. The number of hydrogen-bond acceptors (Lipinski definition) is 2. The van der Waals surface area contributed by atoms with Crippen molar-refractivity contribution in [3.05, 3.63) is 40.2 Å². The first-order valence-electron chi connectivity index (χ1n) is 6.22. The highest BCUT2D eigenvalue weighted by Gasteiger charge is 2.25. The maximum atomic E-state index is 5.09. The third-order valence-corrected chi connectivity index (χ3v) is 3.42. The molecule has 0 spiro atoms. The van der Waals surface area contributed by atoms with Crippen LogP contribution in [0.3, 0.4) is 0 Å². The summed E-state index contributed by atoms with van der Waals surface area (Å²) in [6.45, 7) is 12.1. The van der Waals surface area contributed by atoms with Gasteiger partial charge in [-0.05, 0) is 18.1 Å². The summed E-state index contributed by atoms with van der Waals surface area (Å²) in [5, 5.41) is 3.35. The van der Waals surface area contributed by atoms with Crippen LogP contribution in [0, 0.1) is 6.57 Å². The van der Waals surface area contributed by atoms with Crippen LogP contribution < -0.4 is 5.32 Å². The van der Waals surface area contributed by atoms with Crippen LogP contribution in [0.5, 0.6) is 0 Å². The smallest absolute Gasteiger partial charge is 0.275 e. The van der Waals surface area contributed by atoms with Crippen LogP contribution in [-0.2, 0) is 6.54 Å². The van der Waals surface area contributed by atoms with Gasteiger partial charge in [0, 0.05) is 25.7 Å². The molecule has 1 aromatic carbocycles. The SMILES string of the molecule is C#[N+]CCNCCN1Cc2ccccc2[C@H]1C. The molecule has 0 aliphatic carbocycles. The Morgan fingerprint density at radius 3 is 3.00 bits per heavy atom. The van der Waals surface area contributed by atoms with E-state index in [1.165, 1.54) is 11.1 Å². The number of benzene rings is 1. The molecule has 0 saturated heterocycles. The summed E-state index contributed by atoms with van der Waals surface area (Å²) in [7, 11) is 0. The van der Waals surface area contributed by atoms with Crippen LogP contribution in [0.15, 0.2) is 24.3 Å². The first-order chi connectivity index (χ1) is 8.33. The third-order valence-electron chi connectivity index (χ3n) is 3.42. The summed E-state index contributed by atoms with van der Waals surface area (Å²) >= 11 is 0. The fourth-order valence-corrected chi connectivity index (χ4v) is 2.40. The highest BCUT2D eigenvalue weighted by atomic mass is 15.2. The molecular weight excluding hydrogens is 210 g/mol. The molecule has 0 saturated carbocycles. The van der Waals surface area contributed by atoms with Crippen molar-refractivity contribution in [2.45, 2.75) is 19.5 Å². The van der Waals surface area contributed by atoms with Crippen LogP contribution in [0.2, 0.25) is 0 Å². The van der Waals surface area contributed by atoms with E-state index in [1.54, 1.807) is 0 Å². The third kappa shape index (κ3) is 2.85. The van der Waals surface area contributed by atoms with Crippen LogP contribution >= 0.6 is 0 Å². The van der Waals surface area contributed by atoms with Crippen molar-refractivity contribution in [1.82, 2.24) is 10.2 Å². The molecule has 0 aromatic heterocycles. The minimum absolute atomic E-state index is 0.534. The lowest BCUT2D eigenvalue weighted by Gasteiger charge is -2.21. The van der Waals surface area contributed by atoms with E-state index in [2.05, 4.69) is 46.3 Å². The number of nitrogens with zero attached hydrogens (tertiary/aromatic N) is 2. The standard InChI is InChI=1S/C14H20N3/c1-12-14-6-4-3-5-13(14)11-17(12)10-9-16-8-7-15-2/h2-6,12,16H,7-11H2,1H3/q+1/t12-/m1/s1. The summed E-state index contributed by atoms with van der Waals surface area (Å²) < 4.78 is 0. The van der Waals surface area contributed by atoms with E-state index < -0.39 is 0 Å². The van der Waals surface area contributed by atoms with Crippen LogP contribution in [0.4, 0.5) is 0 Å². The molecule has 0 fully saturated rings. The monoisotopic (exact) mass is 230 g/mol. The molecule has 1 aliphatic heterocycles. The average molecular weight is 230 g/mol. The van der Waals surface area contributed by atoms with Crippen LogP contribution in [0.1, 0.15) is 24.1 Å². The van der Waals surface area contributed by atoms with E-state index in [9.17, 15) is 0 Å². The molecule has 3 nitrogen and oxygen atoms in total. The lowest BCUT2D eigenvalue weighted by atomic mass is 10.1. The quantitative estimate of drug-likeness (QED) is 0.782. The normalized spacial score (nSPS) is 18.9. The number of nitrogens with one attached hydrogen (secondary N) is 1. The Kier molecular flexibility index (Phi) is 4.13. The number of hydrogen-bond donors (Lipinski definition) is 1. The largest absolute Gasteiger partial charge is 0.309 e. The first-order valence-corrected chi connectivity index (χ1v) is 6.22. The molecule has 1 atom stereocenters. The van der Waals surface area contributed by atoms with Gasteiger partial charge in [-0.2, -0.15) is 0 Å². The summed E-state index contributed by atoms with van der Waals surface area (Å²) in [4.78, 5) is 6.07. The zero-order chi connectivity index (χ0) is 12.1. The van der Waals surface area contributed by atoms with Gasteiger partial charge in [0.05, 0.1) is 6.54 Å². The Balaban J connectivity index is 1.80. The van der Waals surface area contributed by atoms with Gasteiger partial charge in [-0.15, -0.1) is 0 Å². The molecule has 1 heterocycles. The van der Waals surface area contributed by atoms with Crippen LogP contribution in [-0.4, -0.2) is 31.1 Å². The van der Waals surface area contributed by atoms with Gasteiger partial charge in [-0.3, -0.25) is 4.90 Å². The summed E-state index contributed by atoms with van der Waals surface area (Å²) in [6.07, 6.45) is 0. The molecule has 1 aliphatic rings. The van der Waals surface area contributed by atoms with Crippen molar-refractivity contribution in [2.24, 2.45) is 0 Å². The van der Waals surface area contributed by atoms with Gasteiger partial charge in [-0.1, -0.05) is 29.1 Å². The van der Waals surface area contributed by atoms with E-state index in [1.807, 2.05) is 0 Å². The Morgan fingerprint density at radius 1 is 1.41 bits per heavy atom. The molecule has 0 amide bonds. The van der Waals surface area contributed by atoms with Crippen molar-refractivity contribution in [2.75, 3.05) is 26.2 Å². The lowest BCUT2D eigenvalue weighted by molar-refractivity contribution is 0.230. The lowest BCUT2D eigenvalue weighted by Crippen LogP contribution is -2.31. The van der Waals surface area contributed by atoms with Crippen molar-refractivity contribution >= 4 is 0 Å². The fraction of sp³-hybridized carbons (Fsp3) is 0.500. The predicted octanol–water partition coefficient (Wildman–Crippen LogP) is 2.12. The molecule has 1 aromatic rings. The van der Waals surface area contributed by atoms with E-state index in [4.69, 9.17) is 6.57 Å². The van der Waals surface area contributed by atoms with Gasteiger partial charge in [-0.25, -0.2) is 0 Å². The molecular formula is C14H20N3+. The van der Waals surface area contributed by atoms with Gasteiger partial charge < -0.3 is 5.32 Å². The van der Waals surface area contributed by atoms with E-state index in [0.717, 1.165) is 26.2 Å². The van der Waals surface area contributed by atoms with E-state index in [0.29, 0.717) is 12.6 Å². The van der Waals surface area contributed by atoms with Crippen molar-refractivity contribution in [3.63, 3.8) is 0 Å². The van der Waals surface area contributed by atoms with E-state index >= 15 is 0 Å². The predicted molar refractivity (Wildman–Crippen MR) is 71.3 cm³/mol. The Morgan fingerprint density at radius 2 is 2.24 bits per heavy atom. The van der Waals surface area contributed by atoms with Crippen molar-refractivity contribution in [3.8, 4) is 6.57 Å². The second kappa shape index (κ2) is 5.81. The minimum Gasteiger partial charge on any atom is -0.309 e. The second-order valence-corrected chi connectivity index (χ2v) is 4.50. The van der Waals surface area contributed by atoms with Crippen LogP contribution in [0.25, 0.3) is 4.85 Å². The fourth-order valence-electron chi connectivity index (χ4n) is 2.40. The highest BCUT2D eigenvalue weighted by Crippen LogP contribution is 2.32. The Labute approximate surface area is 103 Å². The summed E-state index contributed by atoms with van der Waals surface area (Å²) in [5.41, 5.74) is 2.95. The van der Waals surface area contributed by atoms with Gasteiger partial charge in [0.1, 0.15) is 0 Å². The summed E-state index contributed by atoms with van der Waals surface area (Å²) in [6, 6.07) is 9.25. The first kappa shape index (κ1) is 12.1. The van der Waals surface area contributed by atoms with Gasteiger partial charge in [0.25, 0.3) is 13.1 Å². The molecule has 0 radical (unpaired) electrons. The molecule has 0 bridgehead atoms. The molecule has 90 valence electrons. The van der Waals surface area contributed by atoms with Crippen molar-refractivity contribution in [1.29, 1.82) is 0 Å². The van der Waals surface area contributed by atoms with Crippen molar-refractivity contribution < 1.29 is 0 Å². The minimum atomic E-state index is 0.534. The molecule has 3 heteroatoms. The Bertz CT molecular complexity index is 408. The van der Waals surface area contributed by atoms with Gasteiger partial charge >= 0.3 is 0 Å². The zero-order valence-corrected chi connectivity index (χ0v) is 10.4. The maximum absolute atomic E-state index is 5.09. The van der Waals surface area contributed by atoms with Gasteiger partial charge in [0.2, 0.25) is 0 Å². The number of fused-ring (bicyclic) bond motifs is 1. The Hall–Kier alpha value is -1.37. The highest BCUT2D eigenvalue weighted by molar-refractivity contribution is 5.33. The van der Waals surface area contributed by atoms with Gasteiger partial charge in [0.15, 0.2) is 0 Å². The molecule has 1 N–H and O–H groups in total. The maximum Gasteiger partial charge on any atom is 0.275 e. The molecule has 0 unspecified atom stereocenters.